The highest BCUT2D eigenvalue weighted by atomic mass is 16.5. The van der Waals surface area contributed by atoms with Crippen molar-refractivity contribution in [3.63, 3.8) is 0 Å². The Morgan fingerprint density at radius 1 is 1.04 bits per heavy atom. The Morgan fingerprint density at radius 3 is 2.35 bits per heavy atom. The summed E-state index contributed by atoms with van der Waals surface area (Å²) in [6.45, 7) is 10.1. The highest BCUT2D eigenvalue weighted by molar-refractivity contribution is 6.02. The number of ether oxygens (including phenoxy) is 1. The zero-order chi connectivity index (χ0) is 19.3. The number of amides is 2. The molecule has 2 rings (SSSR count). The van der Waals surface area contributed by atoms with Crippen LogP contribution >= 0.6 is 0 Å². The number of aromatic nitrogens is 3. The Labute approximate surface area is 148 Å². The summed E-state index contributed by atoms with van der Waals surface area (Å²) in [4.78, 5) is 45.0. The summed E-state index contributed by atoms with van der Waals surface area (Å²) >= 11 is 0. The van der Waals surface area contributed by atoms with Gasteiger partial charge in [-0.15, -0.1) is 0 Å². The Bertz CT molecular complexity index is 948. The average molecular weight is 355 g/mol. The summed E-state index contributed by atoms with van der Waals surface area (Å²) in [5, 5.41) is 5.00. The van der Waals surface area contributed by atoms with Crippen molar-refractivity contribution in [2.24, 2.45) is 0 Å². The van der Waals surface area contributed by atoms with Crippen LogP contribution in [0, 0.1) is 0 Å². The van der Waals surface area contributed by atoms with Crippen molar-refractivity contribution < 1.29 is 14.3 Å². The Kier molecular flexibility index (Phi) is 5.63. The van der Waals surface area contributed by atoms with Crippen molar-refractivity contribution in [2.45, 2.75) is 13.8 Å². The minimum Gasteiger partial charge on any atom is -0.420 e. The molecule has 2 aromatic heterocycles. The number of carbonyl (C=O) groups is 2. The largest absolute Gasteiger partial charge is 0.420 e. The highest BCUT2D eigenvalue weighted by Crippen LogP contribution is 2.19. The molecule has 0 radical (unpaired) electrons. The number of carbonyl (C=O) groups excluding carboxylic acids is 2. The molecule has 26 heavy (non-hydrogen) atoms. The number of anilines is 2. The van der Waals surface area contributed by atoms with Crippen LogP contribution in [-0.4, -0.2) is 26.8 Å². The first-order valence-corrected chi connectivity index (χ1v) is 7.44. The standard InChI is InChI=1S/C17H17N5O4/c1-9(2)15(23)19-11-6-5-7-13(18-11)26-14-8-12(21-17(25)22-14)20-16(24)10(3)4/h5-8H,1,3H2,2,4H3,(H,18,19,23)(H2,20,21,22,24,25). The van der Waals surface area contributed by atoms with Crippen molar-refractivity contribution in [3.8, 4) is 11.8 Å². The van der Waals surface area contributed by atoms with Gasteiger partial charge in [-0.05, 0) is 19.9 Å². The van der Waals surface area contributed by atoms with Gasteiger partial charge in [-0.3, -0.25) is 14.6 Å². The van der Waals surface area contributed by atoms with Crippen molar-refractivity contribution in [1.29, 1.82) is 0 Å². The molecule has 0 aliphatic rings. The van der Waals surface area contributed by atoms with Gasteiger partial charge in [0.2, 0.25) is 11.8 Å². The molecule has 0 unspecified atom stereocenters. The maximum absolute atomic E-state index is 11.6. The van der Waals surface area contributed by atoms with Gasteiger partial charge < -0.3 is 15.4 Å². The lowest BCUT2D eigenvalue weighted by molar-refractivity contribution is -0.113. The number of rotatable bonds is 6. The summed E-state index contributed by atoms with van der Waals surface area (Å²) in [7, 11) is 0. The topological polar surface area (TPSA) is 126 Å². The van der Waals surface area contributed by atoms with Crippen LogP contribution < -0.4 is 21.1 Å². The maximum atomic E-state index is 11.6. The van der Waals surface area contributed by atoms with Gasteiger partial charge in [0.15, 0.2) is 0 Å². The fraction of sp³-hybridized carbons (Fsp3) is 0.118. The van der Waals surface area contributed by atoms with Gasteiger partial charge in [-0.2, -0.15) is 9.97 Å². The number of nitrogens with one attached hydrogen (secondary N) is 3. The van der Waals surface area contributed by atoms with E-state index in [1.54, 1.807) is 19.1 Å². The quantitative estimate of drug-likeness (QED) is 0.680. The second kappa shape index (κ2) is 7.88. The number of pyridine rings is 1. The lowest BCUT2D eigenvalue weighted by Gasteiger charge is -2.08. The average Bonchev–Trinajstić information content (AvgIpc) is 2.54. The zero-order valence-corrected chi connectivity index (χ0v) is 14.3. The second-order valence-electron chi connectivity index (χ2n) is 5.37. The predicted octanol–water partition coefficient (Wildman–Crippen LogP) is 1.99. The summed E-state index contributed by atoms with van der Waals surface area (Å²) in [5.41, 5.74) is -0.119. The van der Waals surface area contributed by atoms with E-state index in [1.165, 1.54) is 19.1 Å². The molecule has 0 spiro atoms. The van der Waals surface area contributed by atoms with Gasteiger partial charge in [0.25, 0.3) is 11.8 Å². The van der Waals surface area contributed by atoms with Crippen LogP contribution in [0.1, 0.15) is 13.8 Å². The third-order valence-electron chi connectivity index (χ3n) is 2.92. The van der Waals surface area contributed by atoms with Crippen LogP contribution in [0.2, 0.25) is 0 Å². The molecule has 0 bridgehead atoms. The van der Waals surface area contributed by atoms with E-state index in [2.05, 4.69) is 38.7 Å². The molecule has 9 nitrogen and oxygen atoms in total. The van der Waals surface area contributed by atoms with E-state index in [0.29, 0.717) is 5.57 Å². The van der Waals surface area contributed by atoms with Crippen LogP contribution in [0.15, 0.2) is 53.4 Å². The van der Waals surface area contributed by atoms with Crippen molar-refractivity contribution in [1.82, 2.24) is 15.0 Å². The molecular formula is C17H17N5O4. The Balaban J connectivity index is 2.20. The third-order valence-corrected chi connectivity index (χ3v) is 2.92. The first kappa shape index (κ1) is 18.6. The first-order chi connectivity index (χ1) is 12.2. The molecule has 134 valence electrons. The summed E-state index contributed by atoms with van der Waals surface area (Å²) in [5.74, 6) is -0.480. The van der Waals surface area contributed by atoms with E-state index in [9.17, 15) is 14.4 Å². The fourth-order valence-corrected chi connectivity index (χ4v) is 1.66. The van der Waals surface area contributed by atoms with Crippen molar-refractivity contribution in [2.75, 3.05) is 10.6 Å². The minimum absolute atomic E-state index is 0.0818. The van der Waals surface area contributed by atoms with E-state index in [4.69, 9.17) is 4.74 Å². The molecule has 2 heterocycles. The van der Waals surface area contributed by atoms with Gasteiger partial charge in [-0.25, -0.2) is 4.79 Å². The molecular weight excluding hydrogens is 338 g/mol. The molecule has 0 fully saturated rings. The van der Waals surface area contributed by atoms with E-state index in [1.807, 2.05) is 0 Å². The van der Waals surface area contributed by atoms with Crippen LogP contribution in [0.25, 0.3) is 0 Å². The van der Waals surface area contributed by atoms with E-state index >= 15 is 0 Å². The lowest BCUT2D eigenvalue weighted by atomic mass is 10.3. The summed E-state index contributed by atoms with van der Waals surface area (Å²) in [6.07, 6.45) is 0. The van der Waals surface area contributed by atoms with Crippen LogP contribution in [-0.2, 0) is 9.59 Å². The zero-order valence-electron chi connectivity index (χ0n) is 14.3. The Hall–Kier alpha value is -3.75. The molecule has 0 saturated heterocycles. The number of nitrogens with zero attached hydrogens (tertiary/aromatic N) is 2. The summed E-state index contributed by atoms with van der Waals surface area (Å²) in [6, 6.07) is 6.01. The number of hydrogen-bond donors (Lipinski definition) is 3. The molecule has 9 heteroatoms. The van der Waals surface area contributed by atoms with Gasteiger partial charge in [0, 0.05) is 23.3 Å². The Morgan fingerprint density at radius 2 is 1.69 bits per heavy atom. The van der Waals surface area contributed by atoms with Gasteiger partial charge in [0.1, 0.15) is 11.6 Å². The monoisotopic (exact) mass is 355 g/mol. The maximum Gasteiger partial charge on any atom is 0.349 e. The van der Waals surface area contributed by atoms with Crippen LogP contribution in [0.4, 0.5) is 11.6 Å². The number of H-pyrrole nitrogens is 1. The molecule has 2 aromatic rings. The minimum atomic E-state index is -0.716. The van der Waals surface area contributed by atoms with Gasteiger partial charge in [-0.1, -0.05) is 19.2 Å². The van der Waals surface area contributed by atoms with Crippen molar-refractivity contribution in [3.05, 3.63) is 59.1 Å². The number of aromatic amines is 1. The normalized spacial score (nSPS) is 9.92. The third kappa shape index (κ3) is 5.13. The predicted molar refractivity (Wildman–Crippen MR) is 96.1 cm³/mol. The highest BCUT2D eigenvalue weighted by Gasteiger charge is 2.09. The molecule has 0 aliphatic heterocycles. The fourth-order valence-electron chi connectivity index (χ4n) is 1.66. The first-order valence-electron chi connectivity index (χ1n) is 7.44. The molecule has 2 amide bonds. The van der Waals surface area contributed by atoms with E-state index in [0.717, 1.165) is 0 Å². The SMILES string of the molecule is C=C(C)C(=O)Nc1cccc(Oc2cc(NC(=O)C(=C)C)[nH]c(=O)n2)n1. The van der Waals surface area contributed by atoms with E-state index in [-0.39, 0.29) is 34.9 Å². The summed E-state index contributed by atoms with van der Waals surface area (Å²) < 4.78 is 5.43. The number of hydrogen-bond acceptors (Lipinski definition) is 6. The van der Waals surface area contributed by atoms with E-state index < -0.39 is 11.6 Å². The molecule has 0 aliphatic carbocycles. The van der Waals surface area contributed by atoms with Crippen LogP contribution in [0.5, 0.6) is 11.8 Å². The van der Waals surface area contributed by atoms with Crippen molar-refractivity contribution >= 4 is 23.5 Å². The lowest BCUT2D eigenvalue weighted by Crippen LogP contribution is -2.18. The van der Waals surface area contributed by atoms with Gasteiger partial charge >= 0.3 is 5.69 Å². The molecule has 0 atom stereocenters. The molecule has 3 N–H and O–H groups in total. The smallest absolute Gasteiger partial charge is 0.349 e. The van der Waals surface area contributed by atoms with Gasteiger partial charge in [0.05, 0.1) is 0 Å². The molecule has 0 saturated carbocycles. The van der Waals surface area contributed by atoms with Crippen LogP contribution in [0.3, 0.4) is 0 Å². The second-order valence-corrected chi connectivity index (χ2v) is 5.37. The molecule has 0 aromatic carbocycles.